The number of nitrogens with one attached hydrogen (secondary N) is 2. The molecule has 1 aromatic rings. The van der Waals surface area contributed by atoms with Gasteiger partial charge in [-0.05, 0) is 56.1 Å². The Balaban J connectivity index is 2.04. The van der Waals surface area contributed by atoms with Gasteiger partial charge in [-0.2, -0.15) is 0 Å². The van der Waals surface area contributed by atoms with Crippen LogP contribution in [-0.4, -0.2) is 27.3 Å². The highest BCUT2D eigenvalue weighted by atomic mass is 79.9. The Morgan fingerprint density at radius 3 is 2.89 bits per heavy atom. The minimum atomic E-state index is -3.25. The van der Waals surface area contributed by atoms with Crippen LogP contribution in [0.3, 0.4) is 0 Å². The van der Waals surface area contributed by atoms with E-state index in [2.05, 4.69) is 26.0 Å². The lowest BCUT2D eigenvalue weighted by Gasteiger charge is -2.12. The quantitative estimate of drug-likeness (QED) is 0.887. The molecule has 0 saturated carbocycles. The van der Waals surface area contributed by atoms with Gasteiger partial charge in [0.25, 0.3) is 0 Å². The van der Waals surface area contributed by atoms with Crippen molar-refractivity contribution in [2.75, 3.05) is 23.6 Å². The molecule has 2 rings (SSSR count). The third kappa shape index (κ3) is 3.70. The molecule has 6 heteroatoms. The molecule has 18 heavy (non-hydrogen) atoms. The summed E-state index contributed by atoms with van der Waals surface area (Å²) in [5.41, 5.74) is 1.64. The SMILES string of the molecule is Cc1cc(NS(=O)(=O)CC2CCNC2)ccc1Br. The third-order valence-corrected chi connectivity index (χ3v) is 5.40. The van der Waals surface area contributed by atoms with Crippen molar-refractivity contribution in [2.24, 2.45) is 5.92 Å². The van der Waals surface area contributed by atoms with E-state index in [0.29, 0.717) is 5.69 Å². The lowest BCUT2D eigenvalue weighted by atomic mass is 10.2. The fourth-order valence-corrected chi connectivity index (χ4v) is 3.82. The van der Waals surface area contributed by atoms with Gasteiger partial charge in [-0.25, -0.2) is 8.42 Å². The van der Waals surface area contributed by atoms with E-state index >= 15 is 0 Å². The lowest BCUT2D eigenvalue weighted by molar-refractivity contribution is 0.575. The van der Waals surface area contributed by atoms with Crippen molar-refractivity contribution in [1.82, 2.24) is 5.32 Å². The van der Waals surface area contributed by atoms with Gasteiger partial charge in [-0.3, -0.25) is 4.72 Å². The van der Waals surface area contributed by atoms with E-state index in [9.17, 15) is 8.42 Å². The normalized spacial score (nSPS) is 20.0. The van der Waals surface area contributed by atoms with E-state index in [-0.39, 0.29) is 11.7 Å². The molecule has 0 radical (unpaired) electrons. The van der Waals surface area contributed by atoms with Gasteiger partial charge in [0.2, 0.25) is 10.0 Å². The van der Waals surface area contributed by atoms with Crippen LogP contribution in [0.15, 0.2) is 22.7 Å². The highest BCUT2D eigenvalue weighted by molar-refractivity contribution is 9.10. The Morgan fingerprint density at radius 2 is 2.28 bits per heavy atom. The van der Waals surface area contributed by atoms with Crippen LogP contribution in [0, 0.1) is 12.8 Å². The molecule has 1 aliphatic rings. The number of anilines is 1. The molecule has 1 atom stereocenters. The number of benzene rings is 1. The van der Waals surface area contributed by atoms with Crippen LogP contribution >= 0.6 is 15.9 Å². The molecule has 0 aromatic heterocycles. The van der Waals surface area contributed by atoms with Crippen LogP contribution in [0.2, 0.25) is 0 Å². The van der Waals surface area contributed by atoms with Gasteiger partial charge in [-0.1, -0.05) is 15.9 Å². The van der Waals surface area contributed by atoms with Gasteiger partial charge in [-0.15, -0.1) is 0 Å². The number of halogens is 1. The molecule has 1 aliphatic heterocycles. The Kier molecular flexibility index (Phi) is 4.29. The van der Waals surface area contributed by atoms with Gasteiger partial charge in [0.15, 0.2) is 0 Å². The molecular formula is C12H17BrN2O2S. The van der Waals surface area contributed by atoms with Gasteiger partial charge >= 0.3 is 0 Å². The first-order valence-electron chi connectivity index (χ1n) is 5.94. The summed E-state index contributed by atoms with van der Waals surface area (Å²) in [6, 6.07) is 5.44. The zero-order valence-electron chi connectivity index (χ0n) is 10.2. The van der Waals surface area contributed by atoms with Crippen LogP contribution in [-0.2, 0) is 10.0 Å². The molecule has 0 bridgehead atoms. The highest BCUT2D eigenvalue weighted by Crippen LogP contribution is 2.21. The molecule has 1 saturated heterocycles. The Hall–Kier alpha value is -0.590. The Morgan fingerprint density at radius 1 is 1.50 bits per heavy atom. The summed E-state index contributed by atoms with van der Waals surface area (Å²) < 4.78 is 27.6. The van der Waals surface area contributed by atoms with Crippen molar-refractivity contribution in [3.63, 3.8) is 0 Å². The Bertz CT molecular complexity index is 525. The van der Waals surface area contributed by atoms with E-state index < -0.39 is 10.0 Å². The fraction of sp³-hybridized carbons (Fsp3) is 0.500. The largest absolute Gasteiger partial charge is 0.316 e. The van der Waals surface area contributed by atoms with Crippen LogP contribution in [0.1, 0.15) is 12.0 Å². The summed E-state index contributed by atoms with van der Waals surface area (Å²) in [5, 5.41) is 3.18. The van der Waals surface area contributed by atoms with Crippen molar-refractivity contribution in [1.29, 1.82) is 0 Å². The lowest BCUT2D eigenvalue weighted by Crippen LogP contribution is -2.24. The molecule has 0 spiro atoms. The number of rotatable bonds is 4. The number of hydrogen-bond acceptors (Lipinski definition) is 3. The summed E-state index contributed by atoms with van der Waals surface area (Å²) in [4.78, 5) is 0. The molecule has 2 N–H and O–H groups in total. The number of hydrogen-bond donors (Lipinski definition) is 2. The minimum absolute atomic E-state index is 0.190. The minimum Gasteiger partial charge on any atom is -0.316 e. The van der Waals surface area contributed by atoms with Crippen LogP contribution in [0.5, 0.6) is 0 Å². The number of aryl methyl sites for hydroxylation is 1. The Labute approximate surface area is 116 Å². The average molecular weight is 333 g/mol. The molecule has 1 aromatic carbocycles. The highest BCUT2D eigenvalue weighted by Gasteiger charge is 2.22. The van der Waals surface area contributed by atoms with Gasteiger partial charge in [0.05, 0.1) is 5.75 Å². The van der Waals surface area contributed by atoms with E-state index in [0.717, 1.165) is 29.5 Å². The summed E-state index contributed by atoms with van der Waals surface area (Å²) in [7, 11) is -3.25. The van der Waals surface area contributed by atoms with E-state index in [1.807, 2.05) is 19.1 Å². The van der Waals surface area contributed by atoms with Gasteiger partial charge in [0, 0.05) is 10.2 Å². The smallest absolute Gasteiger partial charge is 0.233 e. The predicted molar refractivity (Wildman–Crippen MR) is 77.3 cm³/mol. The second kappa shape index (κ2) is 5.59. The summed E-state index contributed by atoms with van der Waals surface area (Å²) in [6.45, 7) is 3.64. The zero-order chi connectivity index (χ0) is 13.2. The molecule has 0 aliphatic carbocycles. The third-order valence-electron chi connectivity index (χ3n) is 3.05. The van der Waals surface area contributed by atoms with E-state index in [1.165, 1.54) is 0 Å². The van der Waals surface area contributed by atoms with Crippen LogP contribution < -0.4 is 10.0 Å². The van der Waals surface area contributed by atoms with Crippen molar-refractivity contribution in [3.8, 4) is 0 Å². The van der Waals surface area contributed by atoms with E-state index in [1.54, 1.807) is 6.07 Å². The maximum absolute atomic E-state index is 12.0. The summed E-state index contributed by atoms with van der Waals surface area (Å²) in [5.74, 6) is 0.411. The van der Waals surface area contributed by atoms with Gasteiger partial charge < -0.3 is 5.32 Å². The maximum Gasteiger partial charge on any atom is 0.233 e. The molecule has 4 nitrogen and oxygen atoms in total. The first kappa shape index (κ1) is 13.8. The predicted octanol–water partition coefficient (Wildman–Crippen LogP) is 2.11. The average Bonchev–Trinajstić information content (AvgIpc) is 2.75. The van der Waals surface area contributed by atoms with Gasteiger partial charge in [0.1, 0.15) is 0 Å². The summed E-state index contributed by atoms with van der Waals surface area (Å²) >= 11 is 3.39. The van der Waals surface area contributed by atoms with Crippen molar-refractivity contribution >= 4 is 31.6 Å². The van der Waals surface area contributed by atoms with E-state index in [4.69, 9.17) is 0 Å². The zero-order valence-corrected chi connectivity index (χ0v) is 12.6. The molecule has 1 heterocycles. The van der Waals surface area contributed by atoms with Crippen LogP contribution in [0.4, 0.5) is 5.69 Å². The van der Waals surface area contributed by atoms with Crippen molar-refractivity contribution < 1.29 is 8.42 Å². The topological polar surface area (TPSA) is 58.2 Å². The molecule has 100 valence electrons. The maximum atomic E-state index is 12.0. The van der Waals surface area contributed by atoms with Crippen molar-refractivity contribution in [2.45, 2.75) is 13.3 Å². The fourth-order valence-electron chi connectivity index (χ4n) is 2.10. The number of sulfonamides is 1. The molecule has 1 fully saturated rings. The second-order valence-corrected chi connectivity index (χ2v) is 7.33. The monoisotopic (exact) mass is 332 g/mol. The standard InChI is InChI=1S/C12H17BrN2O2S/c1-9-6-11(2-3-12(9)13)15-18(16,17)8-10-4-5-14-7-10/h2-3,6,10,14-15H,4-5,7-8H2,1H3. The van der Waals surface area contributed by atoms with Crippen LogP contribution in [0.25, 0.3) is 0 Å². The second-order valence-electron chi connectivity index (χ2n) is 4.71. The molecule has 0 amide bonds. The first-order chi connectivity index (χ1) is 8.46. The van der Waals surface area contributed by atoms with Crippen molar-refractivity contribution in [3.05, 3.63) is 28.2 Å². The molecular weight excluding hydrogens is 316 g/mol. The molecule has 1 unspecified atom stereocenters. The first-order valence-corrected chi connectivity index (χ1v) is 8.38. The summed E-state index contributed by atoms with van der Waals surface area (Å²) in [6.07, 6.45) is 0.931.